The first-order valence-electron chi connectivity index (χ1n) is 42.0. The summed E-state index contributed by atoms with van der Waals surface area (Å²) in [6.45, 7) is 0. The Balaban J connectivity index is 0.000000143. The predicted octanol–water partition coefficient (Wildman–Crippen LogP) is 29.4. The summed E-state index contributed by atoms with van der Waals surface area (Å²) in [6.07, 6.45) is 0. The lowest BCUT2D eigenvalue weighted by Gasteiger charge is -2.34. The number of thiophene rings is 1. The lowest BCUT2D eigenvalue weighted by atomic mass is 9.67. The topological polar surface area (TPSA) is 90.5 Å². The van der Waals surface area contributed by atoms with Gasteiger partial charge in [-0.15, -0.1) is 11.3 Å². The molecule has 2 aliphatic carbocycles. The maximum Gasteiger partial charge on any atom is 0.164 e. The van der Waals surface area contributed by atoms with Crippen molar-refractivity contribution in [3.63, 3.8) is 0 Å². The van der Waals surface area contributed by atoms with Crippen LogP contribution < -0.4 is 0 Å². The largest absolute Gasteiger partial charge is 0.456 e. The van der Waals surface area contributed by atoms with E-state index in [1.807, 2.05) is 84.1 Å². The van der Waals surface area contributed by atoms with Crippen LogP contribution in [0.5, 0.6) is 0 Å². The predicted molar refractivity (Wildman–Crippen MR) is 509 cm³/mol. The van der Waals surface area contributed by atoms with E-state index in [1.165, 1.54) is 92.5 Å². The van der Waals surface area contributed by atoms with Gasteiger partial charge < -0.3 is 4.42 Å². The molecule has 0 fully saturated rings. The zero-order valence-corrected chi connectivity index (χ0v) is 68.0. The Morgan fingerprint density at radius 1 is 0.177 bits per heavy atom. The average molecular weight is 1600 g/mol. The van der Waals surface area contributed by atoms with Gasteiger partial charge in [0.25, 0.3) is 0 Å². The van der Waals surface area contributed by atoms with Crippen LogP contribution in [0.3, 0.4) is 0 Å². The molecule has 0 N–H and O–H groups in total. The van der Waals surface area contributed by atoms with Gasteiger partial charge in [-0.05, 0) is 166 Å². The summed E-state index contributed by atoms with van der Waals surface area (Å²) in [4.78, 5) is 30.4. The van der Waals surface area contributed by atoms with Crippen molar-refractivity contribution in [3.05, 3.63) is 493 Å². The molecule has 18 aromatic carbocycles. The van der Waals surface area contributed by atoms with E-state index in [0.717, 1.165) is 94.3 Å². The second-order valence-corrected chi connectivity index (χ2v) is 32.9. The van der Waals surface area contributed by atoms with Crippen LogP contribution in [0.4, 0.5) is 0 Å². The summed E-state index contributed by atoms with van der Waals surface area (Å²) in [5.41, 5.74) is 30.6. The maximum atomic E-state index is 6.82. The van der Waals surface area contributed by atoms with Gasteiger partial charge in [-0.25, -0.2) is 29.9 Å². The van der Waals surface area contributed by atoms with Crippen molar-refractivity contribution in [1.29, 1.82) is 0 Å². The summed E-state index contributed by atoms with van der Waals surface area (Å²) in [5, 5.41) is 4.69. The van der Waals surface area contributed by atoms with E-state index in [0.29, 0.717) is 34.9 Å². The molecule has 0 aliphatic heterocycles. The Bertz CT molecular complexity index is 7760. The molecule has 0 radical (unpaired) electrons. The van der Waals surface area contributed by atoms with E-state index >= 15 is 0 Å². The molecule has 24 rings (SSSR count). The van der Waals surface area contributed by atoms with Crippen molar-refractivity contribution in [2.24, 2.45) is 0 Å². The first kappa shape index (κ1) is 73.2. The van der Waals surface area contributed by atoms with E-state index in [9.17, 15) is 0 Å². The fourth-order valence-corrected chi connectivity index (χ4v) is 20.3. The fourth-order valence-electron chi connectivity index (χ4n) is 19.2. The Morgan fingerprint density at radius 3 is 0.935 bits per heavy atom. The highest BCUT2D eigenvalue weighted by atomic mass is 32.1. The molecule has 8 heteroatoms. The molecule has 22 aromatic rings. The molecule has 2 aliphatic rings. The van der Waals surface area contributed by atoms with E-state index in [-0.39, 0.29) is 0 Å². The van der Waals surface area contributed by atoms with Gasteiger partial charge in [-0.1, -0.05) is 394 Å². The molecule has 0 amide bonds. The van der Waals surface area contributed by atoms with E-state index in [2.05, 4.69) is 376 Å². The van der Waals surface area contributed by atoms with Gasteiger partial charge in [0, 0.05) is 64.3 Å². The number of aromatic nitrogens is 6. The highest BCUT2D eigenvalue weighted by molar-refractivity contribution is 7.25. The summed E-state index contributed by atoms with van der Waals surface area (Å²) < 4.78 is 9.39. The van der Waals surface area contributed by atoms with Gasteiger partial charge >= 0.3 is 0 Å². The minimum absolute atomic E-state index is 0.440. The molecular weight excluding hydrogens is 1530 g/mol. The Morgan fingerprint density at radius 2 is 0.476 bits per heavy atom. The molecule has 4 heterocycles. The van der Waals surface area contributed by atoms with Gasteiger partial charge in [-0.3, -0.25) is 0 Å². The van der Waals surface area contributed by atoms with E-state index in [1.54, 1.807) is 0 Å². The van der Waals surface area contributed by atoms with Crippen molar-refractivity contribution >= 4 is 53.4 Å². The number of furan rings is 1. The van der Waals surface area contributed by atoms with Gasteiger partial charge in [0.1, 0.15) is 11.2 Å². The standard InChI is InChI=1S/C58H37N3O.C58H37N3S/c1-4-17-38(18-5-1)40-21-14-23-42(35-40)56-59-55(39-19-6-2-7-20-39)60-57(61-56)43-24-15-22-41(36-43)46-29-16-32-52-54(46)49-34-33-45(37-53(49)62-52)58(44-25-8-3-9-26-44)50-30-12-10-27-47(50)48-28-11-13-31-51(48)58;1-4-15-38(16-5-1)42-19-14-20-44(35-42)57-60-55(40-17-6-2-7-18-40)59-56(61-57)41-29-27-39(28-30-41)43-31-33-53-49(36-43)50-37-46(32-34-54(50)62-53)58(45-21-8-3-9-22-45)51-25-12-10-23-47(51)48-24-11-13-26-52(48)58/h2*1-37H. The van der Waals surface area contributed by atoms with Crippen LogP contribution >= 0.6 is 11.3 Å². The molecule has 0 saturated heterocycles. The van der Waals surface area contributed by atoms with E-state index in [4.69, 9.17) is 34.3 Å². The third-order valence-corrected chi connectivity index (χ3v) is 26.0. The molecular formula is C116H74N6OS. The van der Waals surface area contributed by atoms with E-state index < -0.39 is 10.8 Å². The van der Waals surface area contributed by atoms with Crippen LogP contribution in [0.15, 0.2) is 453 Å². The molecule has 124 heavy (non-hydrogen) atoms. The SMILES string of the molecule is c1ccc(-c2cccc(-c3nc(-c4ccccc4)nc(-c4ccc(-c5ccc6sc7ccc(C8(c9ccccc9)c9ccccc9-c9ccccc98)cc7c6c5)cc4)n3)c2)cc1.c1ccc(-c2cccc(-c3nc(-c4ccccc4)nc(-c4cccc(-c5cccc6oc7cc(C8(c9ccccc9)c9ccccc9-c9ccccc98)ccc7c56)c4)n3)c2)cc1. The van der Waals surface area contributed by atoms with Gasteiger partial charge in [-0.2, -0.15) is 0 Å². The third-order valence-electron chi connectivity index (χ3n) is 24.8. The number of hydrogen-bond acceptors (Lipinski definition) is 8. The molecule has 0 atom stereocenters. The van der Waals surface area contributed by atoms with Gasteiger partial charge in [0.2, 0.25) is 0 Å². The van der Waals surface area contributed by atoms with Crippen molar-refractivity contribution in [2.45, 2.75) is 10.8 Å². The number of nitrogens with zero attached hydrogens (tertiary/aromatic N) is 6. The zero-order valence-electron chi connectivity index (χ0n) is 67.2. The summed E-state index contributed by atoms with van der Waals surface area (Å²) in [6, 6.07) is 160. The van der Waals surface area contributed by atoms with Crippen LogP contribution in [0.25, 0.3) is 177 Å². The molecule has 0 saturated carbocycles. The van der Waals surface area contributed by atoms with Crippen LogP contribution in [0, 0.1) is 0 Å². The lowest BCUT2D eigenvalue weighted by Crippen LogP contribution is -2.28. The van der Waals surface area contributed by atoms with Crippen molar-refractivity contribution in [2.75, 3.05) is 0 Å². The molecule has 4 aromatic heterocycles. The van der Waals surface area contributed by atoms with Crippen LogP contribution in [-0.4, -0.2) is 29.9 Å². The van der Waals surface area contributed by atoms with Crippen LogP contribution in [0.2, 0.25) is 0 Å². The minimum Gasteiger partial charge on any atom is -0.456 e. The highest BCUT2D eigenvalue weighted by Gasteiger charge is 2.48. The van der Waals surface area contributed by atoms with Crippen molar-refractivity contribution in [3.8, 4) is 135 Å². The smallest absolute Gasteiger partial charge is 0.164 e. The first-order valence-corrected chi connectivity index (χ1v) is 42.8. The zero-order chi connectivity index (χ0) is 82.1. The molecule has 0 unspecified atom stereocenters. The van der Waals surface area contributed by atoms with Crippen LogP contribution in [-0.2, 0) is 10.8 Å². The minimum atomic E-state index is -0.510. The second kappa shape index (κ2) is 30.7. The van der Waals surface area contributed by atoms with Crippen LogP contribution in [0.1, 0.15) is 44.5 Å². The monoisotopic (exact) mass is 1600 g/mol. The molecule has 0 bridgehead atoms. The molecule has 580 valence electrons. The second-order valence-electron chi connectivity index (χ2n) is 31.8. The average Bonchev–Trinajstić information content (AvgIpc) is 1.53. The quantitative estimate of drug-likeness (QED) is 0.107. The third kappa shape index (κ3) is 12.6. The van der Waals surface area contributed by atoms with Crippen molar-refractivity contribution < 1.29 is 4.42 Å². The summed E-state index contributed by atoms with van der Waals surface area (Å²) in [7, 11) is 0. The molecule has 0 spiro atoms. The number of fused-ring (bicyclic) bond motifs is 12. The van der Waals surface area contributed by atoms with Crippen molar-refractivity contribution in [1.82, 2.24) is 29.9 Å². The summed E-state index contributed by atoms with van der Waals surface area (Å²) >= 11 is 1.86. The highest BCUT2D eigenvalue weighted by Crippen LogP contribution is 2.59. The normalized spacial score (nSPS) is 12.6. The number of hydrogen-bond donors (Lipinski definition) is 0. The first-order chi connectivity index (χ1) is 61.4. The Kier molecular flexibility index (Phi) is 18.1. The maximum absolute atomic E-state index is 6.82. The summed E-state index contributed by atoms with van der Waals surface area (Å²) in [5.74, 6) is 3.78. The lowest BCUT2D eigenvalue weighted by molar-refractivity contribution is 0.665. The Labute approximate surface area is 722 Å². The molecule has 7 nitrogen and oxygen atoms in total. The Hall–Kier alpha value is -16.0. The number of rotatable bonds is 14. The van der Waals surface area contributed by atoms with Gasteiger partial charge in [0.15, 0.2) is 34.9 Å². The number of benzene rings is 18. The fraction of sp³-hybridized carbons (Fsp3) is 0.0172. The van der Waals surface area contributed by atoms with Gasteiger partial charge in [0.05, 0.1) is 10.8 Å².